The van der Waals surface area contributed by atoms with Gasteiger partial charge < -0.3 is 9.47 Å². The van der Waals surface area contributed by atoms with Crippen LogP contribution in [0.4, 0.5) is 5.95 Å². The van der Waals surface area contributed by atoms with Crippen LogP contribution in [0.25, 0.3) is 11.2 Å². The van der Waals surface area contributed by atoms with Crippen molar-refractivity contribution in [1.29, 1.82) is 0 Å². The maximum absolute atomic E-state index is 13.1. The topological polar surface area (TPSA) is 65.1 Å². The van der Waals surface area contributed by atoms with Gasteiger partial charge >= 0.3 is 5.69 Å². The maximum Gasteiger partial charge on any atom is 0.332 e. The number of aromatic nitrogens is 4. The van der Waals surface area contributed by atoms with Crippen molar-refractivity contribution in [3.8, 4) is 0 Å². The number of hydrogen-bond acceptors (Lipinski definition) is 4. The van der Waals surface area contributed by atoms with E-state index in [-0.39, 0.29) is 17.8 Å². The first-order chi connectivity index (χ1) is 12.5. The normalized spacial score (nSPS) is 14.5. The minimum absolute atomic E-state index is 0.227. The number of aryl methyl sites for hydroxylation is 2. The lowest BCUT2D eigenvalue weighted by molar-refractivity contribution is 0.655. The van der Waals surface area contributed by atoms with Crippen molar-refractivity contribution in [2.75, 3.05) is 18.0 Å². The van der Waals surface area contributed by atoms with Crippen molar-refractivity contribution in [3.05, 3.63) is 55.1 Å². The molecule has 0 N–H and O–H groups in total. The minimum Gasteiger partial charge on any atom is -0.342 e. The number of nitrogens with zero attached hydrogens (tertiary/aromatic N) is 5. The number of anilines is 1. The Labute approximate surface area is 158 Å². The van der Waals surface area contributed by atoms with Gasteiger partial charge in [-0.3, -0.25) is 13.9 Å². The van der Waals surface area contributed by atoms with E-state index in [2.05, 4.69) is 25.8 Å². The lowest BCUT2D eigenvalue weighted by Gasteiger charge is -2.15. The molecule has 0 unspecified atom stereocenters. The van der Waals surface area contributed by atoms with Crippen molar-refractivity contribution in [2.45, 2.75) is 19.4 Å². The van der Waals surface area contributed by atoms with Gasteiger partial charge in [0.2, 0.25) is 5.95 Å². The van der Waals surface area contributed by atoms with Gasteiger partial charge in [0, 0.05) is 31.7 Å². The molecular weight excluding hydrogens is 398 g/mol. The quantitative estimate of drug-likeness (QED) is 0.651. The second-order valence-corrected chi connectivity index (χ2v) is 7.62. The molecule has 2 aromatic heterocycles. The zero-order valence-corrected chi connectivity index (χ0v) is 16.4. The average Bonchev–Trinajstić information content (AvgIpc) is 3.25. The standard InChI is InChI=1S/C18H20BrN5O2/c1-21-14-15(20-17(21)23-8-3-4-9-23)22(2)18(26)24(16(14)25)11-12-6-5-7-13(19)10-12/h5-7,10H,3-4,8-9,11H2,1-2H3. The van der Waals surface area contributed by atoms with Gasteiger partial charge in [-0.15, -0.1) is 0 Å². The average molecular weight is 418 g/mol. The summed E-state index contributed by atoms with van der Waals surface area (Å²) >= 11 is 3.43. The molecule has 0 spiro atoms. The molecule has 0 saturated carbocycles. The molecule has 1 fully saturated rings. The van der Waals surface area contributed by atoms with Gasteiger partial charge in [0.25, 0.3) is 5.56 Å². The van der Waals surface area contributed by atoms with Crippen LogP contribution in [0, 0.1) is 0 Å². The van der Waals surface area contributed by atoms with E-state index in [9.17, 15) is 9.59 Å². The van der Waals surface area contributed by atoms with Gasteiger partial charge in [0.05, 0.1) is 6.54 Å². The highest BCUT2D eigenvalue weighted by molar-refractivity contribution is 9.10. The third-order valence-corrected chi connectivity index (χ3v) is 5.45. The molecular formula is C18H20BrN5O2. The predicted molar refractivity (Wildman–Crippen MR) is 105 cm³/mol. The van der Waals surface area contributed by atoms with Crippen LogP contribution in [-0.4, -0.2) is 31.8 Å². The molecule has 0 aliphatic carbocycles. The second-order valence-electron chi connectivity index (χ2n) is 6.70. The highest BCUT2D eigenvalue weighted by atomic mass is 79.9. The highest BCUT2D eigenvalue weighted by Gasteiger charge is 2.23. The predicted octanol–water partition coefficient (Wildman–Crippen LogP) is 1.84. The van der Waals surface area contributed by atoms with E-state index in [1.165, 1.54) is 9.13 Å². The van der Waals surface area contributed by atoms with Crippen LogP contribution in [0.2, 0.25) is 0 Å². The largest absolute Gasteiger partial charge is 0.342 e. The summed E-state index contributed by atoms with van der Waals surface area (Å²) in [5, 5.41) is 0. The van der Waals surface area contributed by atoms with E-state index < -0.39 is 0 Å². The fraction of sp³-hybridized carbons (Fsp3) is 0.389. The molecule has 0 bridgehead atoms. The van der Waals surface area contributed by atoms with Gasteiger partial charge in [-0.1, -0.05) is 28.1 Å². The van der Waals surface area contributed by atoms with E-state index in [0.29, 0.717) is 11.2 Å². The van der Waals surface area contributed by atoms with Crippen LogP contribution in [0.15, 0.2) is 38.3 Å². The van der Waals surface area contributed by atoms with Crippen LogP contribution in [0.1, 0.15) is 18.4 Å². The van der Waals surface area contributed by atoms with E-state index in [0.717, 1.165) is 41.9 Å². The molecule has 0 amide bonds. The summed E-state index contributed by atoms with van der Waals surface area (Å²) < 4.78 is 5.48. The Balaban J connectivity index is 1.90. The van der Waals surface area contributed by atoms with E-state index in [1.54, 1.807) is 7.05 Å². The number of benzene rings is 1. The summed E-state index contributed by atoms with van der Waals surface area (Å²) in [5.41, 5.74) is 1.14. The fourth-order valence-electron chi connectivity index (χ4n) is 3.59. The molecule has 1 saturated heterocycles. The number of rotatable bonds is 3. The Morgan fingerprint density at radius 1 is 1.12 bits per heavy atom. The smallest absolute Gasteiger partial charge is 0.332 e. The van der Waals surface area contributed by atoms with Gasteiger partial charge in [0.1, 0.15) is 0 Å². The summed E-state index contributed by atoms with van der Waals surface area (Å²) in [5.74, 6) is 0.754. The molecule has 3 aromatic rings. The second kappa shape index (κ2) is 6.42. The zero-order chi connectivity index (χ0) is 18.4. The summed E-state index contributed by atoms with van der Waals surface area (Å²) in [4.78, 5) is 32.7. The lowest BCUT2D eigenvalue weighted by atomic mass is 10.2. The molecule has 26 heavy (non-hydrogen) atoms. The number of halogens is 1. The van der Waals surface area contributed by atoms with Crippen LogP contribution in [0.5, 0.6) is 0 Å². The third-order valence-electron chi connectivity index (χ3n) is 4.96. The Kier molecular flexibility index (Phi) is 4.22. The monoisotopic (exact) mass is 417 g/mol. The SMILES string of the molecule is Cn1c(N2CCCC2)nc2c1c(=O)n(Cc1cccc(Br)c1)c(=O)n2C. The van der Waals surface area contributed by atoms with E-state index in [1.807, 2.05) is 35.9 Å². The molecule has 136 valence electrons. The molecule has 4 rings (SSSR count). The zero-order valence-electron chi connectivity index (χ0n) is 14.8. The Morgan fingerprint density at radius 2 is 1.85 bits per heavy atom. The molecule has 8 heteroatoms. The first-order valence-electron chi connectivity index (χ1n) is 8.63. The third kappa shape index (κ3) is 2.68. The van der Waals surface area contributed by atoms with Gasteiger partial charge in [-0.05, 0) is 30.5 Å². The summed E-state index contributed by atoms with van der Waals surface area (Å²) in [6, 6.07) is 7.62. The van der Waals surface area contributed by atoms with Gasteiger partial charge in [-0.2, -0.15) is 4.98 Å². The van der Waals surface area contributed by atoms with Gasteiger partial charge in [0.15, 0.2) is 11.2 Å². The van der Waals surface area contributed by atoms with Crippen molar-refractivity contribution in [2.24, 2.45) is 14.1 Å². The highest BCUT2D eigenvalue weighted by Crippen LogP contribution is 2.21. The van der Waals surface area contributed by atoms with E-state index >= 15 is 0 Å². The lowest BCUT2D eigenvalue weighted by Crippen LogP contribution is -2.39. The minimum atomic E-state index is -0.353. The maximum atomic E-state index is 13.1. The summed E-state index contributed by atoms with van der Waals surface area (Å²) in [6.45, 7) is 2.08. The first-order valence-corrected chi connectivity index (χ1v) is 9.42. The van der Waals surface area contributed by atoms with Crippen LogP contribution < -0.4 is 16.1 Å². The summed E-state index contributed by atoms with van der Waals surface area (Å²) in [6.07, 6.45) is 2.24. The molecule has 1 aliphatic heterocycles. The molecule has 0 radical (unpaired) electrons. The van der Waals surface area contributed by atoms with Crippen LogP contribution in [0.3, 0.4) is 0 Å². The Bertz CT molecular complexity index is 1110. The molecule has 3 heterocycles. The molecule has 1 aliphatic rings. The van der Waals surface area contributed by atoms with Crippen molar-refractivity contribution < 1.29 is 0 Å². The van der Waals surface area contributed by atoms with Crippen molar-refractivity contribution >= 4 is 33.0 Å². The number of imidazole rings is 1. The fourth-order valence-corrected chi connectivity index (χ4v) is 4.04. The summed E-state index contributed by atoms with van der Waals surface area (Å²) in [7, 11) is 3.51. The van der Waals surface area contributed by atoms with Crippen molar-refractivity contribution in [1.82, 2.24) is 18.7 Å². The Morgan fingerprint density at radius 3 is 2.54 bits per heavy atom. The number of hydrogen-bond donors (Lipinski definition) is 0. The first kappa shape index (κ1) is 17.1. The molecule has 7 nitrogen and oxygen atoms in total. The van der Waals surface area contributed by atoms with Crippen molar-refractivity contribution in [3.63, 3.8) is 0 Å². The van der Waals surface area contributed by atoms with Crippen LogP contribution >= 0.6 is 15.9 Å². The molecule has 1 aromatic carbocycles. The van der Waals surface area contributed by atoms with Crippen LogP contribution in [-0.2, 0) is 20.6 Å². The Hall–Kier alpha value is -2.35. The van der Waals surface area contributed by atoms with E-state index in [4.69, 9.17) is 0 Å². The van der Waals surface area contributed by atoms with Gasteiger partial charge in [-0.25, -0.2) is 4.79 Å². The molecule has 0 atom stereocenters. The number of fused-ring (bicyclic) bond motifs is 1.